The number of nitriles is 2. The number of allylic oxidation sites excluding steroid dienone is 1. The van der Waals surface area contributed by atoms with Gasteiger partial charge < -0.3 is 15.5 Å². The third-order valence-electron chi connectivity index (χ3n) is 5.55. The molecule has 8 heteroatoms. The summed E-state index contributed by atoms with van der Waals surface area (Å²) in [5.41, 5.74) is 1.27. The van der Waals surface area contributed by atoms with Gasteiger partial charge in [-0.05, 0) is 43.5 Å². The summed E-state index contributed by atoms with van der Waals surface area (Å²) in [6, 6.07) is 11.9. The molecule has 1 fully saturated rings. The van der Waals surface area contributed by atoms with E-state index in [1.165, 1.54) is 19.3 Å². The fourth-order valence-corrected chi connectivity index (χ4v) is 4.75. The van der Waals surface area contributed by atoms with Crippen molar-refractivity contribution in [2.24, 2.45) is 11.3 Å². The van der Waals surface area contributed by atoms with Crippen molar-refractivity contribution in [1.82, 2.24) is 5.32 Å². The number of anilines is 2. The van der Waals surface area contributed by atoms with Crippen LogP contribution in [0.2, 0.25) is 0 Å². The first-order valence-electron chi connectivity index (χ1n) is 10.00. The first-order valence-corrected chi connectivity index (χ1v) is 11.0. The third kappa shape index (κ3) is 4.60. The Kier molecular flexibility index (Phi) is 6.69. The molecule has 2 N–H and O–H groups in total. The molecule has 0 spiro atoms. The zero-order chi connectivity index (χ0) is 21.7. The number of piperidine rings is 1. The van der Waals surface area contributed by atoms with E-state index in [-0.39, 0.29) is 11.7 Å². The van der Waals surface area contributed by atoms with Crippen LogP contribution in [-0.4, -0.2) is 30.7 Å². The Balaban J connectivity index is 1.61. The highest BCUT2D eigenvalue weighted by molar-refractivity contribution is 8.03. The maximum atomic E-state index is 12.4. The lowest BCUT2D eigenvalue weighted by molar-refractivity contribution is -0.125. The Labute approximate surface area is 181 Å². The molecule has 7 nitrogen and oxygen atoms in total. The SMILES string of the molecule is CC1(C)C(C#N)=C(SCC(=O)Nc2ccc(N3CCCCC3)cc2)NC(=O)[C@H]1C#N. The van der Waals surface area contributed by atoms with Crippen molar-refractivity contribution < 1.29 is 9.59 Å². The number of hydrogen-bond donors (Lipinski definition) is 2. The van der Waals surface area contributed by atoms with E-state index in [1.54, 1.807) is 13.8 Å². The quantitative estimate of drug-likeness (QED) is 0.751. The van der Waals surface area contributed by atoms with E-state index in [9.17, 15) is 20.1 Å². The molecule has 156 valence electrons. The van der Waals surface area contributed by atoms with Gasteiger partial charge in [0.15, 0.2) is 0 Å². The second-order valence-corrected chi connectivity index (χ2v) is 9.01. The Morgan fingerprint density at radius 3 is 2.50 bits per heavy atom. The molecule has 0 saturated carbocycles. The van der Waals surface area contributed by atoms with Crippen LogP contribution in [0.4, 0.5) is 11.4 Å². The first-order chi connectivity index (χ1) is 14.4. The molecule has 0 bridgehead atoms. The number of thioether (sulfide) groups is 1. The summed E-state index contributed by atoms with van der Waals surface area (Å²) in [7, 11) is 0. The molecule has 2 amide bonds. The summed E-state index contributed by atoms with van der Waals surface area (Å²) in [6.07, 6.45) is 3.69. The summed E-state index contributed by atoms with van der Waals surface area (Å²) >= 11 is 1.10. The van der Waals surface area contributed by atoms with Crippen molar-refractivity contribution in [2.45, 2.75) is 33.1 Å². The van der Waals surface area contributed by atoms with Gasteiger partial charge in [-0.25, -0.2) is 0 Å². The smallest absolute Gasteiger partial charge is 0.243 e. The highest BCUT2D eigenvalue weighted by Crippen LogP contribution is 2.41. The molecule has 3 rings (SSSR count). The Morgan fingerprint density at radius 2 is 1.90 bits per heavy atom. The minimum absolute atomic E-state index is 0.0436. The zero-order valence-corrected chi connectivity index (χ0v) is 18.0. The van der Waals surface area contributed by atoms with Gasteiger partial charge in [-0.15, -0.1) is 0 Å². The maximum Gasteiger partial charge on any atom is 0.243 e. The largest absolute Gasteiger partial charge is 0.372 e. The summed E-state index contributed by atoms with van der Waals surface area (Å²) < 4.78 is 0. The number of carbonyl (C=O) groups excluding carboxylic acids is 2. The standard InChI is InChI=1S/C22H25N5O2S/c1-22(2)17(12-23)20(29)26-21(18(22)13-24)30-14-19(28)25-15-6-8-16(9-7-15)27-10-4-3-5-11-27/h6-9,17H,3-5,10-11,14H2,1-2H3,(H,25,28)(H,26,29)/t17-/m1/s1. The van der Waals surface area contributed by atoms with Crippen LogP contribution >= 0.6 is 11.8 Å². The Hall–Kier alpha value is -2.97. The highest BCUT2D eigenvalue weighted by atomic mass is 32.2. The first kappa shape index (κ1) is 21.7. The summed E-state index contributed by atoms with van der Waals surface area (Å²) in [5.74, 6) is -1.58. The Bertz CT molecular complexity index is 934. The minimum atomic E-state index is -0.941. The molecule has 1 aromatic carbocycles. The van der Waals surface area contributed by atoms with Crippen molar-refractivity contribution in [3.05, 3.63) is 34.9 Å². The lowest BCUT2D eigenvalue weighted by atomic mass is 9.72. The van der Waals surface area contributed by atoms with Crippen LogP contribution < -0.4 is 15.5 Å². The Morgan fingerprint density at radius 1 is 1.23 bits per heavy atom. The van der Waals surface area contributed by atoms with Crippen molar-refractivity contribution in [3.63, 3.8) is 0 Å². The van der Waals surface area contributed by atoms with Crippen LogP contribution in [0, 0.1) is 34.0 Å². The summed E-state index contributed by atoms with van der Waals surface area (Å²) in [4.78, 5) is 27.0. The van der Waals surface area contributed by atoms with Crippen LogP contribution in [0.5, 0.6) is 0 Å². The normalized spacial score (nSPS) is 20.7. The number of rotatable bonds is 5. The minimum Gasteiger partial charge on any atom is -0.372 e. The predicted octanol–water partition coefficient (Wildman–Crippen LogP) is 3.38. The highest BCUT2D eigenvalue weighted by Gasteiger charge is 2.44. The number of nitrogens with one attached hydrogen (secondary N) is 2. The molecule has 0 aromatic heterocycles. The lowest BCUT2D eigenvalue weighted by Gasteiger charge is -2.34. The number of carbonyl (C=O) groups is 2. The molecular weight excluding hydrogens is 398 g/mol. The molecule has 2 aliphatic heterocycles. The number of benzene rings is 1. The van der Waals surface area contributed by atoms with Gasteiger partial charge >= 0.3 is 0 Å². The molecule has 2 heterocycles. The van der Waals surface area contributed by atoms with E-state index < -0.39 is 17.2 Å². The van der Waals surface area contributed by atoms with E-state index in [0.29, 0.717) is 16.3 Å². The number of amides is 2. The topological polar surface area (TPSA) is 109 Å². The van der Waals surface area contributed by atoms with Crippen LogP contribution in [0.25, 0.3) is 0 Å². The third-order valence-corrected chi connectivity index (χ3v) is 6.55. The van der Waals surface area contributed by atoms with E-state index in [0.717, 1.165) is 30.5 Å². The van der Waals surface area contributed by atoms with E-state index in [2.05, 4.69) is 21.6 Å². The molecule has 2 aliphatic rings. The molecule has 1 saturated heterocycles. The van der Waals surface area contributed by atoms with Crippen molar-refractivity contribution in [2.75, 3.05) is 29.1 Å². The van der Waals surface area contributed by atoms with Crippen LogP contribution in [0.1, 0.15) is 33.1 Å². The van der Waals surface area contributed by atoms with Crippen molar-refractivity contribution in [3.8, 4) is 12.1 Å². The fraction of sp³-hybridized carbons (Fsp3) is 0.455. The van der Waals surface area contributed by atoms with Gasteiger partial charge in [0.2, 0.25) is 11.8 Å². The van der Waals surface area contributed by atoms with Gasteiger partial charge in [0.25, 0.3) is 0 Å². The molecular formula is C22H25N5O2S. The van der Waals surface area contributed by atoms with E-state index in [1.807, 2.05) is 30.3 Å². The van der Waals surface area contributed by atoms with E-state index >= 15 is 0 Å². The van der Waals surface area contributed by atoms with E-state index in [4.69, 9.17) is 0 Å². The maximum absolute atomic E-state index is 12.4. The van der Waals surface area contributed by atoms with Gasteiger partial charge in [0, 0.05) is 29.9 Å². The number of hydrogen-bond acceptors (Lipinski definition) is 6. The fourth-order valence-electron chi connectivity index (χ4n) is 3.78. The van der Waals surface area contributed by atoms with Crippen LogP contribution in [0.15, 0.2) is 34.9 Å². The van der Waals surface area contributed by atoms with Gasteiger partial charge in [-0.3, -0.25) is 9.59 Å². The predicted molar refractivity (Wildman–Crippen MR) is 117 cm³/mol. The zero-order valence-electron chi connectivity index (χ0n) is 17.2. The summed E-state index contributed by atoms with van der Waals surface area (Å²) in [6.45, 7) is 5.52. The van der Waals surface area contributed by atoms with Gasteiger partial charge in [0.05, 0.1) is 28.5 Å². The molecule has 0 aliphatic carbocycles. The number of nitrogens with zero attached hydrogens (tertiary/aromatic N) is 3. The van der Waals surface area contributed by atoms with Crippen molar-refractivity contribution >= 4 is 35.0 Å². The second-order valence-electron chi connectivity index (χ2n) is 8.02. The van der Waals surface area contributed by atoms with Gasteiger partial charge in [0.1, 0.15) is 5.92 Å². The summed E-state index contributed by atoms with van der Waals surface area (Å²) in [5, 5.41) is 24.6. The second kappa shape index (κ2) is 9.23. The molecule has 30 heavy (non-hydrogen) atoms. The molecule has 0 unspecified atom stereocenters. The molecule has 1 atom stereocenters. The lowest BCUT2D eigenvalue weighted by Crippen LogP contribution is -2.44. The average Bonchev–Trinajstić information content (AvgIpc) is 2.73. The van der Waals surface area contributed by atoms with Crippen molar-refractivity contribution in [1.29, 1.82) is 10.5 Å². The van der Waals surface area contributed by atoms with Crippen LogP contribution in [-0.2, 0) is 9.59 Å². The molecule has 1 aromatic rings. The monoisotopic (exact) mass is 423 g/mol. The van der Waals surface area contributed by atoms with Gasteiger partial charge in [-0.2, -0.15) is 10.5 Å². The van der Waals surface area contributed by atoms with Gasteiger partial charge in [-0.1, -0.05) is 25.6 Å². The molecule has 0 radical (unpaired) electrons. The van der Waals surface area contributed by atoms with Crippen LogP contribution in [0.3, 0.4) is 0 Å². The average molecular weight is 424 g/mol.